The molecule has 0 radical (unpaired) electrons. The molecule has 2 aromatic rings. The molecule has 0 bridgehead atoms. The van der Waals surface area contributed by atoms with Crippen LogP contribution in [0.5, 0.6) is 0 Å². The number of rotatable bonds is 3. The predicted molar refractivity (Wildman–Crippen MR) is 64.8 cm³/mol. The first kappa shape index (κ1) is 11.7. The summed E-state index contributed by atoms with van der Waals surface area (Å²) in [5.41, 5.74) is 3.74. The normalized spacial score (nSPS) is 10.5. The summed E-state index contributed by atoms with van der Waals surface area (Å²) in [6, 6.07) is 1.49. The third kappa shape index (κ3) is 2.32. The van der Waals surface area contributed by atoms with Crippen LogP contribution in [0, 0.1) is 13.8 Å². The van der Waals surface area contributed by atoms with Crippen molar-refractivity contribution < 1.29 is 0 Å². The molecule has 7 nitrogen and oxygen atoms in total. The zero-order chi connectivity index (χ0) is 12.4. The van der Waals surface area contributed by atoms with Gasteiger partial charge in [-0.1, -0.05) is 4.49 Å². The van der Waals surface area contributed by atoms with Crippen LogP contribution in [-0.4, -0.2) is 19.1 Å². The van der Waals surface area contributed by atoms with Gasteiger partial charge in [0.25, 0.3) is 5.56 Å². The number of hydrazine groups is 1. The van der Waals surface area contributed by atoms with E-state index in [1.54, 1.807) is 13.8 Å². The fraction of sp³-hybridized carbons (Fsp3) is 0.333. The van der Waals surface area contributed by atoms with E-state index < -0.39 is 0 Å². The fourth-order valence-corrected chi connectivity index (χ4v) is 2.01. The van der Waals surface area contributed by atoms with Crippen molar-refractivity contribution in [1.82, 2.24) is 19.1 Å². The van der Waals surface area contributed by atoms with Crippen molar-refractivity contribution in [3.8, 4) is 0 Å². The van der Waals surface area contributed by atoms with E-state index in [2.05, 4.69) is 20.0 Å². The monoisotopic (exact) mass is 252 g/mol. The maximum Gasteiger partial charge on any atom is 0.254 e. The van der Waals surface area contributed by atoms with Crippen LogP contribution >= 0.6 is 11.5 Å². The number of nitrogen functional groups attached to an aromatic ring is 1. The molecule has 0 atom stereocenters. The van der Waals surface area contributed by atoms with Crippen molar-refractivity contribution in [2.45, 2.75) is 20.4 Å². The Morgan fingerprint density at radius 1 is 1.53 bits per heavy atom. The molecule has 3 N–H and O–H groups in total. The number of nitrogens with zero attached hydrogens (tertiary/aromatic N) is 4. The second-order valence-electron chi connectivity index (χ2n) is 3.56. The molecule has 0 spiro atoms. The van der Waals surface area contributed by atoms with Crippen molar-refractivity contribution in [2.75, 3.05) is 5.43 Å². The van der Waals surface area contributed by atoms with Crippen LogP contribution in [-0.2, 0) is 6.54 Å². The number of nitrogens with one attached hydrogen (secondary N) is 1. The third-order valence-corrected chi connectivity index (χ3v) is 3.02. The molecule has 0 unspecified atom stereocenters. The summed E-state index contributed by atoms with van der Waals surface area (Å²) in [5.74, 6) is 5.97. The Morgan fingerprint density at radius 3 is 2.94 bits per heavy atom. The van der Waals surface area contributed by atoms with Crippen LogP contribution in [0.1, 0.15) is 17.2 Å². The van der Waals surface area contributed by atoms with E-state index in [-0.39, 0.29) is 5.56 Å². The zero-order valence-electron chi connectivity index (χ0n) is 9.47. The van der Waals surface area contributed by atoms with E-state index in [4.69, 9.17) is 5.84 Å². The molecular weight excluding hydrogens is 240 g/mol. The van der Waals surface area contributed by atoms with Gasteiger partial charge in [-0.25, -0.2) is 10.8 Å². The summed E-state index contributed by atoms with van der Waals surface area (Å²) in [5, 5.41) is 4.58. The van der Waals surface area contributed by atoms with E-state index >= 15 is 0 Å². The highest BCUT2D eigenvalue weighted by molar-refractivity contribution is 7.10. The van der Waals surface area contributed by atoms with Crippen LogP contribution < -0.4 is 16.8 Å². The summed E-state index contributed by atoms with van der Waals surface area (Å²) in [4.78, 5) is 16.1. The van der Waals surface area contributed by atoms with Gasteiger partial charge in [0.15, 0.2) is 0 Å². The second kappa shape index (κ2) is 4.60. The average Bonchev–Trinajstić information content (AvgIpc) is 2.70. The van der Waals surface area contributed by atoms with Gasteiger partial charge >= 0.3 is 0 Å². The largest absolute Gasteiger partial charge is 0.313 e. The lowest BCUT2D eigenvalue weighted by molar-refractivity contribution is 0.679. The van der Waals surface area contributed by atoms with Crippen LogP contribution in [0.2, 0.25) is 0 Å². The van der Waals surface area contributed by atoms with Crippen molar-refractivity contribution >= 4 is 16.5 Å². The van der Waals surface area contributed by atoms with Gasteiger partial charge < -0.3 is 5.43 Å². The van der Waals surface area contributed by atoms with Crippen molar-refractivity contribution in [3.63, 3.8) is 0 Å². The number of nitrogens with two attached hydrogens (primary N) is 1. The number of hydrogen-bond acceptors (Lipinski definition) is 7. The molecule has 0 amide bonds. The topological polar surface area (TPSA) is 98.7 Å². The van der Waals surface area contributed by atoms with Gasteiger partial charge in [0, 0.05) is 23.3 Å². The average molecular weight is 252 g/mol. The van der Waals surface area contributed by atoms with Gasteiger partial charge in [-0.05, 0) is 13.8 Å². The Bertz CT molecular complexity index is 589. The molecular formula is C9H12N6OS. The molecule has 8 heteroatoms. The maximum absolute atomic E-state index is 11.8. The molecule has 2 aromatic heterocycles. The Balaban J connectivity index is 2.40. The van der Waals surface area contributed by atoms with E-state index in [1.165, 1.54) is 10.6 Å². The van der Waals surface area contributed by atoms with E-state index in [9.17, 15) is 4.79 Å². The van der Waals surface area contributed by atoms with Crippen LogP contribution in [0.4, 0.5) is 5.00 Å². The minimum atomic E-state index is -0.106. The quantitative estimate of drug-likeness (QED) is 0.591. The Morgan fingerprint density at radius 2 is 2.29 bits per heavy atom. The molecule has 90 valence electrons. The number of aryl methyl sites for hydroxylation is 2. The van der Waals surface area contributed by atoms with Gasteiger partial charge in [-0.2, -0.15) is 0 Å². The van der Waals surface area contributed by atoms with E-state index in [0.29, 0.717) is 28.8 Å². The highest BCUT2D eigenvalue weighted by Gasteiger charge is 2.10. The highest BCUT2D eigenvalue weighted by Crippen LogP contribution is 2.16. The lowest BCUT2D eigenvalue weighted by Gasteiger charge is -2.08. The Hall–Kier alpha value is -1.80. The van der Waals surface area contributed by atoms with Gasteiger partial charge in [0.2, 0.25) is 0 Å². The molecule has 0 saturated heterocycles. The lowest BCUT2D eigenvalue weighted by atomic mass is 10.4. The van der Waals surface area contributed by atoms with Crippen molar-refractivity contribution in [2.24, 2.45) is 5.84 Å². The Kier molecular flexibility index (Phi) is 3.16. The summed E-state index contributed by atoms with van der Waals surface area (Å²) in [6.45, 7) is 3.88. The summed E-state index contributed by atoms with van der Waals surface area (Å²) in [7, 11) is 0. The number of hydrogen-bond donors (Lipinski definition) is 2. The maximum atomic E-state index is 11.8. The molecule has 0 aliphatic rings. The molecule has 17 heavy (non-hydrogen) atoms. The van der Waals surface area contributed by atoms with Crippen molar-refractivity contribution in [3.05, 3.63) is 33.6 Å². The molecule has 0 aliphatic carbocycles. The first-order valence-corrected chi connectivity index (χ1v) is 5.72. The predicted octanol–water partition coefficient (Wildman–Crippen LogP) is 0.0455. The molecule has 0 aliphatic heterocycles. The van der Waals surface area contributed by atoms with Gasteiger partial charge in [0.1, 0.15) is 16.5 Å². The van der Waals surface area contributed by atoms with E-state index in [0.717, 1.165) is 11.5 Å². The van der Waals surface area contributed by atoms with E-state index in [1.807, 2.05) is 0 Å². The standard InChI is InChI=1S/C9H12N6OS/c1-5-3-8(16)15(6(2)11-5)4-7-9(12-10)17-14-13-7/h3,12H,4,10H2,1-2H3. The first-order chi connectivity index (χ1) is 8.11. The summed E-state index contributed by atoms with van der Waals surface area (Å²) >= 11 is 1.15. The number of aromatic nitrogens is 4. The number of anilines is 1. The SMILES string of the molecule is Cc1cc(=O)n(Cc2nnsc2NN)c(C)n1. The molecule has 2 heterocycles. The fourth-order valence-electron chi connectivity index (χ4n) is 1.53. The molecule has 0 fully saturated rings. The van der Waals surface area contributed by atoms with Crippen molar-refractivity contribution in [1.29, 1.82) is 0 Å². The smallest absolute Gasteiger partial charge is 0.254 e. The first-order valence-electron chi connectivity index (χ1n) is 4.94. The van der Waals surface area contributed by atoms with Crippen LogP contribution in [0.15, 0.2) is 10.9 Å². The van der Waals surface area contributed by atoms with Gasteiger partial charge in [-0.15, -0.1) is 5.10 Å². The minimum absolute atomic E-state index is 0.106. The van der Waals surface area contributed by atoms with Gasteiger partial charge in [0.05, 0.1) is 6.54 Å². The minimum Gasteiger partial charge on any atom is -0.313 e. The second-order valence-corrected chi connectivity index (χ2v) is 4.32. The highest BCUT2D eigenvalue weighted by atomic mass is 32.1. The zero-order valence-corrected chi connectivity index (χ0v) is 10.3. The third-order valence-electron chi connectivity index (χ3n) is 2.32. The molecule has 2 rings (SSSR count). The summed E-state index contributed by atoms with van der Waals surface area (Å²) < 4.78 is 5.31. The van der Waals surface area contributed by atoms with Crippen LogP contribution in [0.25, 0.3) is 0 Å². The van der Waals surface area contributed by atoms with Crippen LogP contribution in [0.3, 0.4) is 0 Å². The van der Waals surface area contributed by atoms with Gasteiger partial charge in [-0.3, -0.25) is 9.36 Å². The Labute approximate surface area is 101 Å². The lowest BCUT2D eigenvalue weighted by Crippen LogP contribution is -2.24. The summed E-state index contributed by atoms with van der Waals surface area (Å²) in [6.07, 6.45) is 0. The molecule has 0 aromatic carbocycles. The molecule has 0 saturated carbocycles.